The number of amides is 1. The van der Waals surface area contributed by atoms with Crippen LogP contribution in [0.4, 0.5) is 4.79 Å². The Labute approximate surface area is 192 Å². The highest BCUT2D eigenvalue weighted by Gasteiger charge is 2.30. The number of nitrogens with zero attached hydrogens (tertiary/aromatic N) is 4. The lowest BCUT2D eigenvalue weighted by Crippen LogP contribution is -2.33. The van der Waals surface area contributed by atoms with E-state index in [4.69, 9.17) is 14.0 Å². The molecule has 8 heteroatoms. The molecule has 2 aromatic carbocycles. The zero-order valence-electron chi connectivity index (χ0n) is 19.4. The molecule has 2 heterocycles. The van der Waals surface area contributed by atoms with Gasteiger partial charge in [0.05, 0.1) is 18.2 Å². The summed E-state index contributed by atoms with van der Waals surface area (Å²) >= 11 is 0. The molecule has 170 valence electrons. The van der Waals surface area contributed by atoms with E-state index in [1.165, 1.54) is 0 Å². The smallest absolute Gasteiger partial charge is 0.410 e. The first-order chi connectivity index (χ1) is 15.6. The van der Waals surface area contributed by atoms with Crippen LogP contribution in [-0.2, 0) is 17.8 Å². The van der Waals surface area contributed by atoms with Gasteiger partial charge in [-0.2, -0.15) is 10.2 Å². The topological polar surface area (TPSA) is 101 Å². The molecule has 0 atom stereocenters. The van der Waals surface area contributed by atoms with E-state index in [-0.39, 0.29) is 12.2 Å². The highest BCUT2D eigenvalue weighted by Crippen LogP contribution is 2.34. The molecule has 8 nitrogen and oxygen atoms in total. The molecule has 0 unspecified atom stereocenters. The average Bonchev–Trinajstić information content (AvgIpc) is 3.39. The van der Waals surface area contributed by atoms with Crippen molar-refractivity contribution in [1.82, 2.24) is 15.0 Å². The van der Waals surface area contributed by atoms with Crippen LogP contribution in [0, 0.1) is 11.3 Å². The number of carbonyl (C=O) groups is 1. The van der Waals surface area contributed by atoms with Crippen LogP contribution in [0.15, 0.2) is 40.9 Å². The van der Waals surface area contributed by atoms with Gasteiger partial charge >= 0.3 is 6.09 Å². The van der Waals surface area contributed by atoms with Crippen molar-refractivity contribution in [2.75, 3.05) is 0 Å². The summed E-state index contributed by atoms with van der Waals surface area (Å²) in [7, 11) is 0. The molecule has 33 heavy (non-hydrogen) atoms. The number of benzene rings is 2. The standard InChI is InChI=1S/C25H26N4O4/c1-15(2)31-21-10-9-16(11-18(21)12-26)23-27-22(28-33-23)19-8-6-7-17-13-29(14-20(17)19)24(30)32-25(3,4)5/h6-11,15H,13-14H2,1-5H3. The summed E-state index contributed by atoms with van der Waals surface area (Å²) in [5.41, 5.74) is 3.25. The van der Waals surface area contributed by atoms with Crippen molar-refractivity contribution in [2.45, 2.75) is 59.4 Å². The van der Waals surface area contributed by atoms with Crippen molar-refractivity contribution in [1.29, 1.82) is 5.26 Å². The average molecular weight is 447 g/mol. The van der Waals surface area contributed by atoms with E-state index in [0.717, 1.165) is 16.7 Å². The van der Waals surface area contributed by atoms with Crippen LogP contribution in [0.3, 0.4) is 0 Å². The molecule has 1 aromatic heterocycles. The largest absolute Gasteiger partial charge is 0.490 e. The number of fused-ring (bicyclic) bond motifs is 1. The lowest BCUT2D eigenvalue weighted by Gasteiger charge is -2.24. The van der Waals surface area contributed by atoms with E-state index >= 15 is 0 Å². The Morgan fingerprint density at radius 2 is 2.00 bits per heavy atom. The van der Waals surface area contributed by atoms with Crippen LogP contribution < -0.4 is 4.74 Å². The minimum absolute atomic E-state index is 0.0432. The van der Waals surface area contributed by atoms with E-state index in [2.05, 4.69) is 16.2 Å². The van der Waals surface area contributed by atoms with Crippen LogP contribution in [0.2, 0.25) is 0 Å². The molecule has 0 saturated carbocycles. The molecular formula is C25H26N4O4. The van der Waals surface area contributed by atoms with Gasteiger partial charge in [0, 0.05) is 17.7 Å². The number of carbonyl (C=O) groups excluding carboxylic acids is 1. The summed E-state index contributed by atoms with van der Waals surface area (Å²) in [6.07, 6.45) is -0.399. The lowest BCUT2D eigenvalue weighted by atomic mass is 10.0. The Morgan fingerprint density at radius 3 is 2.70 bits per heavy atom. The van der Waals surface area contributed by atoms with E-state index in [0.29, 0.717) is 41.7 Å². The van der Waals surface area contributed by atoms with E-state index < -0.39 is 5.60 Å². The van der Waals surface area contributed by atoms with Gasteiger partial charge in [-0.05, 0) is 63.9 Å². The third kappa shape index (κ3) is 4.82. The first-order valence-corrected chi connectivity index (χ1v) is 10.8. The number of ether oxygens (including phenoxy) is 2. The predicted molar refractivity (Wildman–Crippen MR) is 121 cm³/mol. The quantitative estimate of drug-likeness (QED) is 0.535. The van der Waals surface area contributed by atoms with Gasteiger partial charge < -0.3 is 14.0 Å². The minimum atomic E-state index is -0.560. The van der Waals surface area contributed by atoms with Crippen LogP contribution >= 0.6 is 0 Å². The fourth-order valence-corrected chi connectivity index (χ4v) is 3.64. The minimum Gasteiger partial charge on any atom is -0.490 e. The van der Waals surface area contributed by atoms with Gasteiger partial charge in [-0.3, -0.25) is 4.90 Å². The van der Waals surface area contributed by atoms with Crippen LogP contribution in [0.5, 0.6) is 5.75 Å². The second-order valence-corrected chi connectivity index (χ2v) is 9.19. The maximum absolute atomic E-state index is 12.5. The molecule has 0 bridgehead atoms. The van der Waals surface area contributed by atoms with Crippen LogP contribution in [-0.4, -0.2) is 32.8 Å². The van der Waals surface area contributed by atoms with Crippen LogP contribution in [0.25, 0.3) is 22.8 Å². The maximum atomic E-state index is 12.5. The Bertz CT molecular complexity index is 1230. The SMILES string of the molecule is CC(C)Oc1ccc(-c2nc(-c3cccc4c3CN(C(=O)OC(C)(C)C)C4)no2)cc1C#N. The Morgan fingerprint density at radius 1 is 1.21 bits per heavy atom. The normalized spacial score (nSPS) is 13.1. The summed E-state index contributed by atoms with van der Waals surface area (Å²) in [6.45, 7) is 10.2. The highest BCUT2D eigenvalue weighted by molar-refractivity contribution is 5.72. The number of nitriles is 1. The van der Waals surface area contributed by atoms with Crippen molar-refractivity contribution in [3.8, 4) is 34.7 Å². The predicted octanol–water partition coefficient (Wildman–Crippen LogP) is 5.31. The monoisotopic (exact) mass is 446 g/mol. The van der Waals surface area contributed by atoms with Gasteiger partial charge in [-0.1, -0.05) is 23.4 Å². The maximum Gasteiger partial charge on any atom is 0.410 e. The third-order valence-electron chi connectivity index (χ3n) is 5.01. The van der Waals surface area contributed by atoms with Crippen molar-refractivity contribution >= 4 is 6.09 Å². The number of rotatable bonds is 4. The molecule has 0 saturated heterocycles. The molecule has 0 radical (unpaired) electrons. The van der Waals surface area contributed by atoms with E-state index in [1.807, 2.05) is 52.8 Å². The third-order valence-corrected chi connectivity index (χ3v) is 5.01. The summed E-state index contributed by atoms with van der Waals surface area (Å²) in [6, 6.07) is 13.1. The highest BCUT2D eigenvalue weighted by atomic mass is 16.6. The van der Waals surface area contributed by atoms with E-state index in [9.17, 15) is 10.1 Å². The fraction of sp³-hybridized carbons (Fsp3) is 0.360. The second kappa shape index (κ2) is 8.58. The Kier molecular flexibility index (Phi) is 5.81. The van der Waals surface area contributed by atoms with Gasteiger partial charge in [0.2, 0.25) is 5.82 Å². The van der Waals surface area contributed by atoms with Gasteiger partial charge in [-0.15, -0.1) is 0 Å². The Hall–Kier alpha value is -3.86. The van der Waals surface area contributed by atoms with Crippen molar-refractivity contribution < 1.29 is 18.8 Å². The zero-order chi connectivity index (χ0) is 23.8. The van der Waals surface area contributed by atoms with Gasteiger partial charge in [0.25, 0.3) is 5.89 Å². The molecule has 3 aromatic rings. The van der Waals surface area contributed by atoms with Crippen molar-refractivity contribution in [3.63, 3.8) is 0 Å². The summed E-state index contributed by atoms with van der Waals surface area (Å²) in [5, 5.41) is 13.7. The summed E-state index contributed by atoms with van der Waals surface area (Å²) in [4.78, 5) is 18.8. The number of hydrogen-bond donors (Lipinski definition) is 0. The molecule has 0 aliphatic carbocycles. The van der Waals surface area contributed by atoms with Gasteiger partial charge in [-0.25, -0.2) is 4.79 Å². The first kappa shape index (κ1) is 22.3. The molecule has 0 spiro atoms. The molecule has 1 amide bonds. The fourth-order valence-electron chi connectivity index (χ4n) is 3.64. The molecular weight excluding hydrogens is 420 g/mol. The summed E-state index contributed by atoms with van der Waals surface area (Å²) < 4.78 is 16.7. The molecule has 0 fully saturated rings. The molecule has 0 N–H and O–H groups in total. The summed E-state index contributed by atoms with van der Waals surface area (Å²) in [5.74, 6) is 1.24. The van der Waals surface area contributed by atoms with Crippen molar-refractivity contribution in [3.05, 3.63) is 53.1 Å². The first-order valence-electron chi connectivity index (χ1n) is 10.8. The van der Waals surface area contributed by atoms with Crippen molar-refractivity contribution in [2.24, 2.45) is 0 Å². The van der Waals surface area contributed by atoms with Crippen LogP contribution in [0.1, 0.15) is 51.3 Å². The van der Waals surface area contributed by atoms with E-state index in [1.54, 1.807) is 23.1 Å². The second-order valence-electron chi connectivity index (χ2n) is 9.19. The molecule has 1 aliphatic rings. The Balaban J connectivity index is 1.60. The lowest BCUT2D eigenvalue weighted by molar-refractivity contribution is 0.0242. The molecule has 1 aliphatic heterocycles. The number of hydrogen-bond acceptors (Lipinski definition) is 7. The number of aromatic nitrogens is 2. The zero-order valence-corrected chi connectivity index (χ0v) is 19.4. The van der Waals surface area contributed by atoms with Gasteiger partial charge in [0.1, 0.15) is 17.4 Å². The van der Waals surface area contributed by atoms with Gasteiger partial charge in [0.15, 0.2) is 0 Å². The molecule has 4 rings (SSSR count).